The minimum absolute atomic E-state index is 0.0741. The van der Waals surface area contributed by atoms with Crippen molar-refractivity contribution in [2.45, 2.75) is 4.90 Å². The molecule has 3 nitrogen and oxygen atoms in total. The highest BCUT2D eigenvalue weighted by atomic mass is 32.2. The van der Waals surface area contributed by atoms with E-state index in [1.165, 1.54) is 19.2 Å². The monoisotopic (exact) mass is 216 g/mol. The van der Waals surface area contributed by atoms with E-state index in [0.717, 1.165) is 16.4 Å². The van der Waals surface area contributed by atoms with Gasteiger partial charge < -0.3 is 0 Å². The van der Waals surface area contributed by atoms with Gasteiger partial charge in [0.25, 0.3) is 0 Å². The standard InChI is InChI=1S/C9H11FNO2S/c1-3-11(2)14(12,13)9-6-4-8(10)5-7-9/h4-7H,1,3H2,2H3. The van der Waals surface area contributed by atoms with Crippen LogP contribution in [0.2, 0.25) is 0 Å². The summed E-state index contributed by atoms with van der Waals surface area (Å²) in [6, 6.07) is 4.70. The quantitative estimate of drug-likeness (QED) is 0.763. The lowest BCUT2D eigenvalue weighted by Gasteiger charge is -2.14. The number of benzene rings is 1. The third kappa shape index (κ3) is 2.10. The smallest absolute Gasteiger partial charge is 0.207 e. The summed E-state index contributed by atoms with van der Waals surface area (Å²) in [5.74, 6) is -0.457. The Morgan fingerprint density at radius 1 is 1.36 bits per heavy atom. The van der Waals surface area contributed by atoms with E-state index in [2.05, 4.69) is 6.92 Å². The summed E-state index contributed by atoms with van der Waals surface area (Å²) in [5, 5.41) is 0. The van der Waals surface area contributed by atoms with E-state index in [1.54, 1.807) is 0 Å². The van der Waals surface area contributed by atoms with Crippen LogP contribution in [0.25, 0.3) is 0 Å². The largest absolute Gasteiger partial charge is 0.242 e. The predicted molar refractivity (Wildman–Crippen MR) is 51.6 cm³/mol. The summed E-state index contributed by atoms with van der Waals surface area (Å²) < 4.78 is 36.9. The molecule has 0 aliphatic rings. The Morgan fingerprint density at radius 2 is 1.86 bits per heavy atom. The maximum Gasteiger partial charge on any atom is 0.242 e. The van der Waals surface area contributed by atoms with E-state index in [0.29, 0.717) is 0 Å². The minimum Gasteiger partial charge on any atom is -0.207 e. The lowest BCUT2D eigenvalue weighted by Crippen LogP contribution is -2.26. The molecule has 0 aliphatic heterocycles. The van der Waals surface area contributed by atoms with Crippen molar-refractivity contribution in [1.82, 2.24) is 4.31 Å². The van der Waals surface area contributed by atoms with Crippen LogP contribution in [0.15, 0.2) is 29.2 Å². The fourth-order valence-electron chi connectivity index (χ4n) is 0.907. The number of hydrogen-bond acceptors (Lipinski definition) is 2. The molecular weight excluding hydrogens is 205 g/mol. The van der Waals surface area contributed by atoms with Gasteiger partial charge in [-0.15, -0.1) is 0 Å². The first-order valence-corrected chi connectivity index (χ1v) is 5.43. The maximum absolute atomic E-state index is 12.5. The van der Waals surface area contributed by atoms with Gasteiger partial charge in [0.1, 0.15) is 5.82 Å². The molecule has 0 N–H and O–H groups in total. The minimum atomic E-state index is -3.50. The van der Waals surface area contributed by atoms with Crippen molar-refractivity contribution in [3.05, 3.63) is 37.0 Å². The van der Waals surface area contributed by atoms with Gasteiger partial charge in [-0.05, 0) is 31.2 Å². The average Bonchev–Trinajstić information content (AvgIpc) is 2.17. The second-order valence-electron chi connectivity index (χ2n) is 2.78. The van der Waals surface area contributed by atoms with Gasteiger partial charge in [-0.2, -0.15) is 0 Å². The van der Waals surface area contributed by atoms with Crippen molar-refractivity contribution < 1.29 is 12.8 Å². The Labute approximate surface area is 83.2 Å². The molecule has 0 amide bonds. The summed E-state index contributed by atoms with van der Waals surface area (Å²) in [7, 11) is -2.08. The lowest BCUT2D eigenvalue weighted by atomic mass is 10.4. The highest BCUT2D eigenvalue weighted by Crippen LogP contribution is 2.13. The molecule has 1 aromatic carbocycles. The van der Waals surface area contributed by atoms with Gasteiger partial charge in [0, 0.05) is 13.6 Å². The topological polar surface area (TPSA) is 37.4 Å². The lowest BCUT2D eigenvalue weighted by molar-refractivity contribution is 0.498. The molecule has 5 heteroatoms. The van der Waals surface area contributed by atoms with Crippen molar-refractivity contribution in [2.24, 2.45) is 0 Å². The van der Waals surface area contributed by atoms with Gasteiger partial charge in [-0.3, -0.25) is 0 Å². The highest BCUT2D eigenvalue weighted by molar-refractivity contribution is 7.89. The zero-order valence-electron chi connectivity index (χ0n) is 7.77. The number of hydrogen-bond donors (Lipinski definition) is 0. The van der Waals surface area contributed by atoms with Crippen LogP contribution < -0.4 is 0 Å². The van der Waals surface area contributed by atoms with Gasteiger partial charge in [0.2, 0.25) is 10.0 Å². The third-order valence-corrected chi connectivity index (χ3v) is 3.71. The number of nitrogens with zero attached hydrogens (tertiary/aromatic N) is 1. The molecule has 0 aromatic heterocycles. The molecule has 1 rings (SSSR count). The Kier molecular flexibility index (Phi) is 3.23. The molecule has 0 heterocycles. The maximum atomic E-state index is 12.5. The molecule has 0 saturated heterocycles. The third-order valence-electron chi connectivity index (χ3n) is 1.84. The summed E-state index contributed by atoms with van der Waals surface area (Å²) in [5.41, 5.74) is 0. The zero-order valence-corrected chi connectivity index (χ0v) is 8.59. The fraction of sp³-hybridized carbons (Fsp3) is 0.222. The first-order chi connectivity index (χ1) is 6.48. The molecular formula is C9H11FNO2S. The van der Waals surface area contributed by atoms with E-state index in [-0.39, 0.29) is 11.4 Å². The van der Waals surface area contributed by atoms with Crippen molar-refractivity contribution >= 4 is 10.0 Å². The zero-order chi connectivity index (χ0) is 10.8. The highest BCUT2D eigenvalue weighted by Gasteiger charge is 2.18. The molecule has 1 aromatic rings. The van der Waals surface area contributed by atoms with Gasteiger partial charge in [-0.25, -0.2) is 17.1 Å². The molecule has 77 valence electrons. The Bertz CT molecular complexity index is 399. The SMILES string of the molecule is [CH2]CN(C)S(=O)(=O)c1ccc(F)cc1. The van der Waals surface area contributed by atoms with E-state index in [9.17, 15) is 12.8 Å². The summed E-state index contributed by atoms with van der Waals surface area (Å²) in [6.45, 7) is 3.61. The Morgan fingerprint density at radius 3 is 2.29 bits per heavy atom. The molecule has 0 unspecified atom stereocenters. The molecule has 0 spiro atoms. The fourth-order valence-corrected chi connectivity index (χ4v) is 1.99. The van der Waals surface area contributed by atoms with Crippen molar-refractivity contribution in [3.8, 4) is 0 Å². The van der Waals surface area contributed by atoms with Crippen molar-refractivity contribution in [1.29, 1.82) is 0 Å². The van der Waals surface area contributed by atoms with Crippen LogP contribution in [0.1, 0.15) is 0 Å². The number of sulfonamides is 1. The normalized spacial score (nSPS) is 12.0. The summed E-state index contributed by atoms with van der Waals surface area (Å²) in [4.78, 5) is 0.0741. The summed E-state index contributed by atoms with van der Waals surface area (Å²) in [6.07, 6.45) is 0. The molecule has 0 fully saturated rings. The molecule has 0 bridgehead atoms. The van der Waals surface area contributed by atoms with E-state index in [1.807, 2.05) is 0 Å². The van der Waals surface area contributed by atoms with Crippen LogP contribution in [-0.4, -0.2) is 26.3 Å². The Balaban J connectivity index is 3.11. The van der Waals surface area contributed by atoms with Crippen molar-refractivity contribution in [3.63, 3.8) is 0 Å². The van der Waals surface area contributed by atoms with Crippen LogP contribution in [0.5, 0.6) is 0 Å². The van der Waals surface area contributed by atoms with E-state index >= 15 is 0 Å². The van der Waals surface area contributed by atoms with Gasteiger partial charge in [0.05, 0.1) is 4.90 Å². The second-order valence-corrected chi connectivity index (χ2v) is 4.83. The van der Waals surface area contributed by atoms with Crippen LogP contribution in [0.3, 0.4) is 0 Å². The van der Waals surface area contributed by atoms with Gasteiger partial charge in [-0.1, -0.05) is 0 Å². The van der Waals surface area contributed by atoms with Crippen LogP contribution in [-0.2, 0) is 10.0 Å². The molecule has 1 radical (unpaired) electrons. The molecule has 0 aliphatic carbocycles. The second kappa shape index (κ2) is 4.06. The van der Waals surface area contributed by atoms with E-state index in [4.69, 9.17) is 0 Å². The van der Waals surface area contributed by atoms with Crippen LogP contribution in [0, 0.1) is 12.7 Å². The Hall–Kier alpha value is -0.940. The van der Waals surface area contributed by atoms with Gasteiger partial charge >= 0.3 is 0 Å². The van der Waals surface area contributed by atoms with Gasteiger partial charge in [0.15, 0.2) is 0 Å². The first-order valence-electron chi connectivity index (χ1n) is 3.99. The van der Waals surface area contributed by atoms with Crippen molar-refractivity contribution in [2.75, 3.05) is 13.6 Å². The number of halogens is 1. The molecule has 0 atom stereocenters. The van der Waals surface area contributed by atoms with Crippen LogP contribution in [0.4, 0.5) is 4.39 Å². The molecule has 14 heavy (non-hydrogen) atoms. The first kappa shape index (κ1) is 11.1. The number of rotatable bonds is 3. The van der Waals surface area contributed by atoms with Crippen LogP contribution >= 0.6 is 0 Å². The predicted octanol–water partition coefficient (Wildman–Crippen LogP) is 1.28. The average molecular weight is 216 g/mol. The van der Waals surface area contributed by atoms with E-state index < -0.39 is 15.8 Å². The summed E-state index contributed by atoms with van der Waals surface area (Å²) >= 11 is 0. The molecule has 0 saturated carbocycles.